The second kappa shape index (κ2) is 17.3. The summed E-state index contributed by atoms with van der Waals surface area (Å²) in [5.74, 6) is -4.20. The van der Waals surface area contributed by atoms with E-state index in [1.807, 2.05) is 13.8 Å². The molecule has 6 rings (SSSR count). The summed E-state index contributed by atoms with van der Waals surface area (Å²) in [6.07, 6.45) is 9.17. The van der Waals surface area contributed by atoms with Crippen molar-refractivity contribution in [3.05, 3.63) is 47.6 Å². The van der Waals surface area contributed by atoms with Crippen LogP contribution in [-0.4, -0.2) is 94.6 Å². The van der Waals surface area contributed by atoms with E-state index in [0.29, 0.717) is 94.9 Å². The number of ether oxygens (including phenoxy) is 4. The first kappa shape index (κ1) is 42.3. The summed E-state index contributed by atoms with van der Waals surface area (Å²) in [6, 6.07) is 0. The number of amides is 2. The SMILES string of the molecule is C=C1C(=O)O[C@H]2[C@H]1CC/C(CC(CC(=O)NCCCCCNC(=O)CCC(=O)O)(C/C1=C/CC[C@@]3(C)O[C@H]3[C@H]3OC(=O)C(=C)[C@@H]3CC1)C(=O)O)=C\CC[C@@]1(C)O[C@@H]21. The predicted molar refractivity (Wildman–Crippen MR) is 205 cm³/mol. The molecule has 14 nitrogen and oxygen atoms in total. The van der Waals surface area contributed by atoms with Gasteiger partial charge in [0, 0.05) is 48.9 Å². The van der Waals surface area contributed by atoms with Gasteiger partial charge in [-0.05, 0) is 97.3 Å². The summed E-state index contributed by atoms with van der Waals surface area (Å²) in [6.45, 7) is 12.8. The van der Waals surface area contributed by atoms with E-state index in [-0.39, 0.29) is 68.0 Å². The molecule has 0 spiro atoms. The number of esters is 2. The zero-order valence-electron chi connectivity index (χ0n) is 33.2. The first-order valence-corrected chi connectivity index (χ1v) is 20.5. The largest absolute Gasteiger partial charge is 0.481 e. The standard InChI is InChI=1S/C43H58N2O12/c1-25-29-14-12-27(10-8-18-41(3)36(56-41)34(29)54-38(25)50)22-43(40(52)53,24-32(47)45-21-7-5-6-20-44-31(46)16-17-33(48)49)23-28-11-9-19-42(4)37(57-42)35-30(15-13-28)26(2)39(51)55-35/h10-11,29-30,34-37H,1-2,5-9,12-24H2,3-4H3,(H,44,46)(H,45,47)(H,48,49)(H,52,53)/b27-10+,28-11+/t29-,30-,34-,35-,36-,37-,41+,42+/m0/s1. The van der Waals surface area contributed by atoms with Crippen LogP contribution < -0.4 is 10.6 Å². The predicted octanol–water partition coefficient (Wildman–Crippen LogP) is 5.01. The van der Waals surface area contributed by atoms with Crippen LogP contribution in [0.4, 0.5) is 0 Å². The molecule has 312 valence electrons. The lowest BCUT2D eigenvalue weighted by Crippen LogP contribution is -2.39. The fourth-order valence-corrected chi connectivity index (χ4v) is 9.41. The number of carbonyl (C=O) groups is 6. The van der Waals surface area contributed by atoms with Gasteiger partial charge in [-0.15, -0.1) is 0 Å². The highest BCUT2D eigenvalue weighted by Crippen LogP contribution is 2.52. The highest BCUT2D eigenvalue weighted by atomic mass is 16.7. The molecule has 0 bridgehead atoms. The lowest BCUT2D eigenvalue weighted by Gasteiger charge is -2.33. The smallest absolute Gasteiger partial charge is 0.334 e. The third kappa shape index (κ3) is 9.88. The molecule has 57 heavy (non-hydrogen) atoms. The van der Waals surface area contributed by atoms with Crippen molar-refractivity contribution >= 4 is 35.7 Å². The molecule has 2 amide bonds. The van der Waals surface area contributed by atoms with Gasteiger partial charge in [0.15, 0.2) is 0 Å². The van der Waals surface area contributed by atoms with Crippen LogP contribution in [-0.2, 0) is 47.7 Å². The minimum atomic E-state index is -1.50. The van der Waals surface area contributed by atoms with Gasteiger partial charge in [-0.25, -0.2) is 9.59 Å². The summed E-state index contributed by atoms with van der Waals surface area (Å²) in [4.78, 5) is 75.2. The van der Waals surface area contributed by atoms with Gasteiger partial charge >= 0.3 is 23.9 Å². The van der Waals surface area contributed by atoms with Crippen molar-refractivity contribution < 1.29 is 57.9 Å². The van der Waals surface area contributed by atoms with Crippen LogP contribution in [0.25, 0.3) is 0 Å². The average Bonchev–Trinajstić information content (AvgIpc) is 3.96. The third-order valence-electron chi connectivity index (χ3n) is 13.0. The van der Waals surface area contributed by atoms with Crippen LogP contribution >= 0.6 is 0 Å². The maximum absolute atomic E-state index is 13.8. The minimum absolute atomic E-state index is 0.0813. The summed E-state index contributed by atoms with van der Waals surface area (Å²) in [5.41, 5.74) is 0.175. The number of allylic oxidation sites excluding steroid dienone is 4. The number of carbonyl (C=O) groups excluding carboxylic acids is 4. The number of nitrogens with one attached hydrogen (secondary N) is 2. The van der Waals surface area contributed by atoms with E-state index in [9.17, 15) is 33.9 Å². The average molecular weight is 795 g/mol. The van der Waals surface area contributed by atoms with Crippen LogP contribution in [0.3, 0.4) is 0 Å². The molecule has 8 atom stereocenters. The van der Waals surface area contributed by atoms with Gasteiger partial charge in [0.1, 0.15) is 24.4 Å². The summed E-state index contributed by atoms with van der Waals surface area (Å²) in [7, 11) is 0. The van der Waals surface area contributed by atoms with E-state index in [4.69, 9.17) is 24.1 Å². The van der Waals surface area contributed by atoms with Crippen molar-refractivity contribution in [1.29, 1.82) is 0 Å². The van der Waals surface area contributed by atoms with Crippen LogP contribution in [0.15, 0.2) is 47.6 Å². The molecular formula is C43H58N2O12. The summed E-state index contributed by atoms with van der Waals surface area (Å²) >= 11 is 0. The van der Waals surface area contributed by atoms with Crippen molar-refractivity contribution in [3.63, 3.8) is 0 Å². The zero-order valence-corrected chi connectivity index (χ0v) is 33.2. The molecule has 0 saturated carbocycles. The van der Waals surface area contributed by atoms with E-state index in [1.54, 1.807) is 0 Å². The van der Waals surface area contributed by atoms with E-state index < -0.39 is 52.7 Å². The van der Waals surface area contributed by atoms with Gasteiger partial charge in [-0.1, -0.05) is 36.5 Å². The van der Waals surface area contributed by atoms with Crippen molar-refractivity contribution in [2.24, 2.45) is 17.3 Å². The molecule has 4 saturated heterocycles. The van der Waals surface area contributed by atoms with Crippen LogP contribution in [0.5, 0.6) is 0 Å². The number of hydrogen-bond donors (Lipinski definition) is 4. The Labute approximate surface area is 333 Å². The first-order chi connectivity index (χ1) is 27.0. The Balaban J connectivity index is 1.17. The zero-order chi connectivity index (χ0) is 41.1. The lowest BCUT2D eigenvalue weighted by molar-refractivity contribution is -0.152. The summed E-state index contributed by atoms with van der Waals surface area (Å²) in [5, 5.41) is 25.6. The van der Waals surface area contributed by atoms with Crippen molar-refractivity contribution in [1.82, 2.24) is 10.6 Å². The molecule has 4 aliphatic heterocycles. The third-order valence-corrected chi connectivity index (χ3v) is 13.0. The number of carboxylic acid groups (broad SMARTS) is 2. The second-order valence-electron chi connectivity index (χ2n) is 17.4. The molecule has 0 unspecified atom stereocenters. The Bertz CT molecular complexity index is 1650. The Morgan fingerprint density at radius 2 is 1.23 bits per heavy atom. The monoisotopic (exact) mass is 794 g/mol. The molecule has 0 aromatic carbocycles. The van der Waals surface area contributed by atoms with Gasteiger partial charge in [-0.2, -0.15) is 0 Å². The maximum atomic E-state index is 13.8. The Kier molecular flexibility index (Phi) is 12.8. The van der Waals surface area contributed by atoms with E-state index in [0.717, 1.165) is 11.1 Å². The van der Waals surface area contributed by atoms with Gasteiger partial charge in [-0.3, -0.25) is 19.2 Å². The number of aliphatic carboxylic acids is 2. The molecule has 2 aliphatic carbocycles. The van der Waals surface area contributed by atoms with Gasteiger partial charge in [0.2, 0.25) is 11.8 Å². The van der Waals surface area contributed by atoms with Crippen LogP contribution in [0, 0.1) is 17.3 Å². The highest BCUT2D eigenvalue weighted by Gasteiger charge is 2.62. The van der Waals surface area contributed by atoms with E-state index in [1.165, 1.54) is 0 Å². The maximum Gasteiger partial charge on any atom is 0.334 e. The van der Waals surface area contributed by atoms with Gasteiger partial charge < -0.3 is 39.8 Å². The molecular weight excluding hydrogens is 736 g/mol. The number of rotatable bonds is 16. The fraction of sp³-hybridized carbons (Fsp3) is 0.674. The molecule has 14 heteroatoms. The lowest BCUT2D eigenvalue weighted by atomic mass is 9.70. The number of epoxide rings is 2. The number of hydrogen-bond acceptors (Lipinski definition) is 10. The fourth-order valence-electron chi connectivity index (χ4n) is 9.41. The normalized spacial score (nSPS) is 34.8. The van der Waals surface area contributed by atoms with E-state index in [2.05, 4.69) is 35.9 Å². The molecule has 4 heterocycles. The topological polar surface area (TPSA) is 210 Å². The molecule has 4 N–H and O–H groups in total. The number of fused-ring (bicyclic) bond motifs is 6. The quantitative estimate of drug-likeness (QED) is 0.0535. The molecule has 0 aromatic rings. The Hall–Kier alpha value is -4.30. The minimum Gasteiger partial charge on any atom is -0.481 e. The molecule has 6 aliphatic rings. The van der Waals surface area contributed by atoms with E-state index >= 15 is 0 Å². The number of carboxylic acids is 2. The van der Waals surface area contributed by atoms with Gasteiger partial charge in [0.05, 0.1) is 23.0 Å². The molecule has 0 radical (unpaired) electrons. The number of unbranched alkanes of at least 4 members (excludes halogenated alkanes) is 2. The van der Waals surface area contributed by atoms with Crippen LogP contribution in [0.2, 0.25) is 0 Å². The highest BCUT2D eigenvalue weighted by molar-refractivity contribution is 5.91. The Morgan fingerprint density at radius 1 is 0.754 bits per heavy atom. The van der Waals surface area contributed by atoms with Gasteiger partial charge in [0.25, 0.3) is 0 Å². The van der Waals surface area contributed by atoms with Crippen molar-refractivity contribution in [2.75, 3.05) is 13.1 Å². The van der Waals surface area contributed by atoms with Crippen molar-refractivity contribution in [3.8, 4) is 0 Å². The Morgan fingerprint density at radius 3 is 1.68 bits per heavy atom. The second-order valence-corrected chi connectivity index (χ2v) is 17.4. The first-order valence-electron chi connectivity index (χ1n) is 20.5. The summed E-state index contributed by atoms with van der Waals surface area (Å²) < 4.78 is 23.6. The molecule has 4 fully saturated rings. The van der Waals surface area contributed by atoms with Crippen molar-refractivity contribution in [2.45, 2.75) is 152 Å². The molecule has 0 aromatic heterocycles. The van der Waals surface area contributed by atoms with Crippen LogP contribution in [0.1, 0.15) is 117 Å².